The summed E-state index contributed by atoms with van der Waals surface area (Å²) in [7, 11) is 1.60. The molecule has 2 atom stereocenters. The Hall–Kier alpha value is -1.35. The summed E-state index contributed by atoms with van der Waals surface area (Å²) in [4.78, 5) is 0.000509. The van der Waals surface area contributed by atoms with Gasteiger partial charge in [-0.3, -0.25) is 0 Å². The second-order valence-corrected chi connectivity index (χ2v) is 5.47. The van der Waals surface area contributed by atoms with Crippen molar-refractivity contribution < 1.29 is 9.13 Å². The van der Waals surface area contributed by atoms with Gasteiger partial charge in [-0.25, -0.2) is 4.39 Å². The minimum absolute atomic E-state index is 0.000509. The maximum Gasteiger partial charge on any atom is 0.123 e. The third-order valence-corrected chi connectivity index (χ3v) is 4.54. The van der Waals surface area contributed by atoms with E-state index in [-0.39, 0.29) is 16.6 Å². The van der Waals surface area contributed by atoms with Crippen LogP contribution in [0.5, 0.6) is 5.75 Å². The molecule has 0 aliphatic rings. The van der Waals surface area contributed by atoms with Crippen molar-refractivity contribution in [2.45, 2.75) is 17.7 Å². The molecular weight excluding hydrogens is 307 g/mol. The maximum absolute atomic E-state index is 13.4. The number of hydrogen-bond donors (Lipinski definition) is 0. The van der Waals surface area contributed by atoms with E-state index in [1.165, 1.54) is 17.7 Å². The summed E-state index contributed by atoms with van der Waals surface area (Å²) in [5.41, 5.74) is 2.04. The number of ether oxygens (including phenoxy) is 1. The van der Waals surface area contributed by atoms with Crippen LogP contribution in [0.3, 0.4) is 0 Å². The van der Waals surface area contributed by atoms with E-state index in [2.05, 4.69) is 35.0 Å². The molecule has 0 radical (unpaired) electrons. The average Bonchev–Trinajstić information content (AvgIpc) is 2.46. The fraction of sp³-hybridized carbons (Fsp3) is 0.250. The fourth-order valence-electron chi connectivity index (χ4n) is 2.12. The summed E-state index contributed by atoms with van der Waals surface area (Å²) in [5, 5.41) is 0. The Balaban J connectivity index is 2.33. The molecule has 0 bridgehead atoms. The van der Waals surface area contributed by atoms with Gasteiger partial charge in [0.15, 0.2) is 0 Å². The van der Waals surface area contributed by atoms with Crippen LogP contribution in [0.1, 0.15) is 28.8 Å². The first-order valence-electron chi connectivity index (χ1n) is 6.16. The molecule has 100 valence electrons. The summed E-state index contributed by atoms with van der Waals surface area (Å²) >= 11 is 3.67. The Morgan fingerprint density at radius 2 is 1.79 bits per heavy atom. The monoisotopic (exact) mass is 322 g/mol. The van der Waals surface area contributed by atoms with Gasteiger partial charge in [0.2, 0.25) is 0 Å². The van der Waals surface area contributed by atoms with Gasteiger partial charge in [-0.1, -0.05) is 53.2 Å². The van der Waals surface area contributed by atoms with Crippen LogP contribution in [0.4, 0.5) is 4.39 Å². The van der Waals surface area contributed by atoms with Crippen molar-refractivity contribution in [1.82, 2.24) is 0 Å². The summed E-state index contributed by atoms with van der Waals surface area (Å²) in [6.07, 6.45) is 0. The lowest BCUT2D eigenvalue weighted by Crippen LogP contribution is -2.04. The molecule has 0 saturated carbocycles. The Kier molecular flexibility index (Phi) is 4.59. The van der Waals surface area contributed by atoms with Crippen LogP contribution in [0, 0.1) is 5.82 Å². The van der Waals surface area contributed by atoms with E-state index in [9.17, 15) is 4.39 Å². The second kappa shape index (κ2) is 6.20. The molecule has 19 heavy (non-hydrogen) atoms. The van der Waals surface area contributed by atoms with Crippen molar-refractivity contribution in [3.8, 4) is 5.75 Å². The molecule has 0 N–H and O–H groups in total. The van der Waals surface area contributed by atoms with Crippen molar-refractivity contribution in [3.63, 3.8) is 0 Å². The molecule has 0 aliphatic heterocycles. The average molecular weight is 323 g/mol. The number of benzene rings is 2. The highest BCUT2D eigenvalue weighted by Crippen LogP contribution is 2.41. The highest BCUT2D eigenvalue weighted by molar-refractivity contribution is 9.09. The minimum atomic E-state index is -0.250. The van der Waals surface area contributed by atoms with Crippen molar-refractivity contribution in [2.75, 3.05) is 7.11 Å². The van der Waals surface area contributed by atoms with E-state index >= 15 is 0 Å². The molecule has 0 aliphatic carbocycles. The van der Waals surface area contributed by atoms with Gasteiger partial charge in [0.25, 0.3) is 0 Å². The van der Waals surface area contributed by atoms with Gasteiger partial charge in [-0.05, 0) is 29.7 Å². The van der Waals surface area contributed by atoms with Crippen LogP contribution in [0.2, 0.25) is 0 Å². The third kappa shape index (κ3) is 3.16. The molecular formula is C16H16BrFO. The normalized spacial score (nSPS) is 13.9. The van der Waals surface area contributed by atoms with Crippen molar-refractivity contribution in [3.05, 3.63) is 65.5 Å². The van der Waals surface area contributed by atoms with Gasteiger partial charge in [0.1, 0.15) is 11.6 Å². The van der Waals surface area contributed by atoms with Gasteiger partial charge < -0.3 is 4.74 Å². The van der Waals surface area contributed by atoms with Crippen LogP contribution in [-0.2, 0) is 0 Å². The molecule has 2 aromatic carbocycles. The van der Waals surface area contributed by atoms with E-state index in [1.807, 2.05) is 18.2 Å². The summed E-state index contributed by atoms with van der Waals surface area (Å²) in [6, 6.07) is 14.8. The Labute approximate surface area is 121 Å². The molecule has 0 amide bonds. The molecule has 0 heterocycles. The van der Waals surface area contributed by atoms with Gasteiger partial charge in [-0.2, -0.15) is 0 Å². The minimum Gasteiger partial charge on any atom is -0.496 e. The van der Waals surface area contributed by atoms with E-state index in [0.717, 1.165) is 5.56 Å². The Morgan fingerprint density at radius 3 is 2.42 bits per heavy atom. The smallest absolute Gasteiger partial charge is 0.123 e. The van der Waals surface area contributed by atoms with Crippen LogP contribution in [0.15, 0.2) is 48.5 Å². The van der Waals surface area contributed by atoms with E-state index < -0.39 is 0 Å². The fourth-order valence-corrected chi connectivity index (χ4v) is 2.78. The maximum atomic E-state index is 13.4. The predicted molar refractivity (Wildman–Crippen MR) is 79.5 cm³/mol. The topological polar surface area (TPSA) is 9.23 Å². The number of hydrogen-bond acceptors (Lipinski definition) is 1. The lowest BCUT2D eigenvalue weighted by Gasteiger charge is -2.21. The first-order valence-corrected chi connectivity index (χ1v) is 7.07. The highest BCUT2D eigenvalue weighted by atomic mass is 79.9. The first-order chi connectivity index (χ1) is 9.13. The van der Waals surface area contributed by atoms with Crippen molar-refractivity contribution >= 4 is 15.9 Å². The van der Waals surface area contributed by atoms with E-state index in [1.54, 1.807) is 13.2 Å². The van der Waals surface area contributed by atoms with Crippen molar-refractivity contribution in [2.24, 2.45) is 0 Å². The van der Waals surface area contributed by atoms with E-state index in [0.29, 0.717) is 5.75 Å². The zero-order valence-electron chi connectivity index (χ0n) is 10.9. The number of halogens is 2. The number of methoxy groups -OCH3 is 1. The highest BCUT2D eigenvalue weighted by Gasteiger charge is 2.21. The predicted octanol–water partition coefficient (Wildman–Crippen LogP) is 5.07. The van der Waals surface area contributed by atoms with Crippen LogP contribution in [-0.4, -0.2) is 7.11 Å². The quantitative estimate of drug-likeness (QED) is 0.714. The summed E-state index contributed by atoms with van der Waals surface area (Å²) < 4.78 is 18.7. The van der Waals surface area contributed by atoms with Gasteiger partial charge in [-0.15, -0.1) is 0 Å². The third-order valence-electron chi connectivity index (χ3n) is 3.25. The lowest BCUT2D eigenvalue weighted by molar-refractivity contribution is 0.407. The largest absolute Gasteiger partial charge is 0.496 e. The SMILES string of the molecule is COc1ccc(F)cc1C(Br)C(C)c1ccccc1. The second-order valence-electron chi connectivity index (χ2n) is 4.49. The summed E-state index contributed by atoms with van der Waals surface area (Å²) in [5.74, 6) is 0.670. The molecule has 2 aromatic rings. The molecule has 2 rings (SSSR count). The Bertz CT molecular complexity index is 542. The first kappa shape index (κ1) is 14.1. The molecule has 2 unspecified atom stereocenters. The van der Waals surface area contributed by atoms with Crippen LogP contribution < -0.4 is 4.74 Å². The van der Waals surface area contributed by atoms with Crippen LogP contribution >= 0.6 is 15.9 Å². The van der Waals surface area contributed by atoms with Gasteiger partial charge in [0.05, 0.1) is 7.11 Å². The Morgan fingerprint density at radius 1 is 1.11 bits per heavy atom. The molecule has 1 nitrogen and oxygen atoms in total. The standard InChI is InChI=1S/C16H16BrFO/c1-11(12-6-4-3-5-7-12)16(17)14-10-13(18)8-9-15(14)19-2/h3-11,16H,1-2H3. The molecule has 0 fully saturated rings. The van der Waals surface area contributed by atoms with Gasteiger partial charge >= 0.3 is 0 Å². The molecule has 0 aromatic heterocycles. The number of rotatable bonds is 4. The summed E-state index contributed by atoms with van der Waals surface area (Å²) in [6.45, 7) is 2.11. The molecule has 3 heteroatoms. The van der Waals surface area contributed by atoms with Crippen LogP contribution in [0.25, 0.3) is 0 Å². The molecule has 0 saturated heterocycles. The zero-order valence-corrected chi connectivity index (χ0v) is 12.5. The lowest BCUT2D eigenvalue weighted by atomic mass is 9.93. The van der Waals surface area contributed by atoms with Crippen molar-refractivity contribution in [1.29, 1.82) is 0 Å². The van der Waals surface area contributed by atoms with E-state index in [4.69, 9.17) is 4.74 Å². The number of alkyl halides is 1. The van der Waals surface area contributed by atoms with Gasteiger partial charge in [0, 0.05) is 10.4 Å². The molecule has 0 spiro atoms. The zero-order chi connectivity index (χ0) is 13.8.